The normalized spacial score (nSPS) is 10.6. The number of unbranched alkanes of at least 4 members (excludes halogenated alkanes) is 2. The molecule has 0 N–H and O–H groups in total. The average molecular weight is 270 g/mol. The molecule has 2 heteroatoms. The molecule has 0 spiro atoms. The van der Waals surface area contributed by atoms with Crippen LogP contribution in [0.4, 0.5) is 0 Å². The van der Waals surface area contributed by atoms with Gasteiger partial charge in [0.25, 0.3) is 0 Å². The van der Waals surface area contributed by atoms with Gasteiger partial charge in [0.1, 0.15) is 5.57 Å². The SMILES string of the molecule is CCCC#CC(=Cc1ccccc1)C(=O)OCCCC. The monoisotopic (exact) mass is 270 g/mol. The van der Waals surface area contributed by atoms with Gasteiger partial charge in [0.05, 0.1) is 6.61 Å². The first-order chi connectivity index (χ1) is 9.77. The summed E-state index contributed by atoms with van der Waals surface area (Å²) in [5.41, 5.74) is 1.39. The average Bonchev–Trinajstić information content (AvgIpc) is 2.47. The maximum absolute atomic E-state index is 12.0. The van der Waals surface area contributed by atoms with Crippen LogP contribution in [0.2, 0.25) is 0 Å². The van der Waals surface area contributed by atoms with Crippen LogP contribution in [0.15, 0.2) is 35.9 Å². The van der Waals surface area contributed by atoms with Crippen LogP contribution in [0.5, 0.6) is 0 Å². The summed E-state index contributed by atoms with van der Waals surface area (Å²) in [6.07, 6.45) is 5.45. The first-order valence-electron chi connectivity index (χ1n) is 7.20. The minimum atomic E-state index is -0.328. The number of ether oxygens (including phenoxy) is 1. The summed E-state index contributed by atoms with van der Waals surface area (Å²) in [6.45, 7) is 4.58. The number of hydrogen-bond acceptors (Lipinski definition) is 2. The number of carbonyl (C=O) groups is 1. The molecule has 0 amide bonds. The number of esters is 1. The molecule has 1 aromatic carbocycles. The third kappa shape index (κ3) is 6.24. The molecule has 0 atom stereocenters. The van der Waals surface area contributed by atoms with E-state index in [0.717, 1.165) is 31.2 Å². The third-order valence-corrected chi connectivity index (χ3v) is 2.66. The van der Waals surface area contributed by atoms with Crippen molar-refractivity contribution < 1.29 is 9.53 Å². The molecule has 0 saturated carbocycles. The van der Waals surface area contributed by atoms with E-state index in [1.165, 1.54) is 0 Å². The van der Waals surface area contributed by atoms with E-state index in [-0.39, 0.29) is 5.97 Å². The van der Waals surface area contributed by atoms with Crippen LogP contribution in [-0.4, -0.2) is 12.6 Å². The Bertz CT molecular complexity index is 489. The largest absolute Gasteiger partial charge is 0.462 e. The van der Waals surface area contributed by atoms with Gasteiger partial charge in [-0.25, -0.2) is 4.79 Å². The Morgan fingerprint density at radius 3 is 2.60 bits per heavy atom. The fourth-order valence-electron chi connectivity index (χ4n) is 1.53. The van der Waals surface area contributed by atoms with Crippen molar-refractivity contribution in [3.63, 3.8) is 0 Å². The maximum atomic E-state index is 12.0. The lowest BCUT2D eigenvalue weighted by Crippen LogP contribution is -2.08. The minimum Gasteiger partial charge on any atom is -0.462 e. The van der Waals surface area contributed by atoms with Crippen molar-refractivity contribution >= 4 is 12.0 Å². The molecule has 0 aromatic heterocycles. The number of benzene rings is 1. The van der Waals surface area contributed by atoms with Crippen molar-refractivity contribution in [2.45, 2.75) is 39.5 Å². The summed E-state index contributed by atoms with van der Waals surface area (Å²) in [4.78, 5) is 12.0. The topological polar surface area (TPSA) is 26.3 Å². The minimum absolute atomic E-state index is 0.328. The van der Waals surface area contributed by atoms with Gasteiger partial charge >= 0.3 is 5.97 Å². The molecule has 0 aliphatic carbocycles. The highest BCUT2D eigenvalue weighted by atomic mass is 16.5. The number of hydrogen-bond donors (Lipinski definition) is 0. The van der Waals surface area contributed by atoms with E-state index in [1.54, 1.807) is 6.08 Å². The molecule has 0 saturated heterocycles. The lowest BCUT2D eigenvalue weighted by Gasteiger charge is -2.03. The quantitative estimate of drug-likeness (QED) is 0.335. The van der Waals surface area contributed by atoms with E-state index in [4.69, 9.17) is 4.74 Å². The first kappa shape index (κ1) is 16.0. The van der Waals surface area contributed by atoms with E-state index in [9.17, 15) is 4.79 Å². The fourth-order valence-corrected chi connectivity index (χ4v) is 1.53. The van der Waals surface area contributed by atoms with Gasteiger partial charge in [-0.2, -0.15) is 0 Å². The van der Waals surface area contributed by atoms with E-state index in [1.807, 2.05) is 30.3 Å². The van der Waals surface area contributed by atoms with Gasteiger partial charge in [0.2, 0.25) is 0 Å². The molecular formula is C18H22O2. The van der Waals surface area contributed by atoms with Gasteiger partial charge in [-0.3, -0.25) is 0 Å². The Balaban J connectivity index is 2.83. The van der Waals surface area contributed by atoms with Crippen molar-refractivity contribution in [2.24, 2.45) is 0 Å². The molecule has 0 radical (unpaired) electrons. The molecule has 0 fully saturated rings. The number of carbonyl (C=O) groups excluding carboxylic acids is 1. The van der Waals surface area contributed by atoms with Crippen LogP contribution in [0, 0.1) is 11.8 Å². The van der Waals surface area contributed by atoms with E-state index >= 15 is 0 Å². The Morgan fingerprint density at radius 1 is 1.20 bits per heavy atom. The molecule has 0 unspecified atom stereocenters. The summed E-state index contributed by atoms with van der Waals surface area (Å²) in [6, 6.07) is 9.71. The van der Waals surface area contributed by atoms with Gasteiger partial charge in [-0.1, -0.05) is 62.4 Å². The maximum Gasteiger partial charge on any atom is 0.346 e. The lowest BCUT2D eigenvalue weighted by atomic mass is 10.1. The van der Waals surface area contributed by atoms with Crippen molar-refractivity contribution in [1.29, 1.82) is 0 Å². The van der Waals surface area contributed by atoms with Crippen LogP contribution in [0.25, 0.3) is 6.08 Å². The number of rotatable bonds is 6. The predicted molar refractivity (Wildman–Crippen MR) is 83.0 cm³/mol. The van der Waals surface area contributed by atoms with Crippen LogP contribution < -0.4 is 0 Å². The molecule has 1 rings (SSSR count). The summed E-state index contributed by atoms with van der Waals surface area (Å²) in [7, 11) is 0. The highest BCUT2D eigenvalue weighted by molar-refractivity contribution is 5.98. The van der Waals surface area contributed by atoms with Gasteiger partial charge < -0.3 is 4.74 Å². The molecule has 20 heavy (non-hydrogen) atoms. The Hall–Kier alpha value is -2.01. The highest BCUT2D eigenvalue weighted by Crippen LogP contribution is 2.08. The van der Waals surface area contributed by atoms with Crippen molar-refractivity contribution in [3.05, 3.63) is 41.5 Å². The second-order valence-electron chi connectivity index (χ2n) is 4.51. The summed E-state index contributed by atoms with van der Waals surface area (Å²) in [5, 5.41) is 0. The van der Waals surface area contributed by atoms with Gasteiger partial charge in [-0.05, 0) is 24.5 Å². The Labute approximate surface area is 121 Å². The van der Waals surface area contributed by atoms with Crippen LogP contribution in [-0.2, 0) is 9.53 Å². The second kappa shape index (κ2) is 9.86. The second-order valence-corrected chi connectivity index (χ2v) is 4.51. The third-order valence-electron chi connectivity index (χ3n) is 2.66. The standard InChI is InChI=1S/C18H22O2/c1-3-5-8-13-17(18(19)20-14-6-4-2)15-16-11-9-7-10-12-16/h7,9-12,15H,3-6,14H2,1-2H3. The summed E-state index contributed by atoms with van der Waals surface area (Å²) >= 11 is 0. The molecule has 1 aromatic rings. The smallest absolute Gasteiger partial charge is 0.346 e. The van der Waals surface area contributed by atoms with Crippen molar-refractivity contribution in [3.8, 4) is 11.8 Å². The molecule has 106 valence electrons. The van der Waals surface area contributed by atoms with Crippen molar-refractivity contribution in [1.82, 2.24) is 0 Å². The van der Waals surface area contributed by atoms with Crippen LogP contribution in [0.1, 0.15) is 45.1 Å². The van der Waals surface area contributed by atoms with Crippen LogP contribution >= 0.6 is 0 Å². The van der Waals surface area contributed by atoms with Gasteiger partial charge in [0, 0.05) is 6.42 Å². The highest BCUT2D eigenvalue weighted by Gasteiger charge is 2.08. The van der Waals surface area contributed by atoms with Gasteiger partial charge in [0.15, 0.2) is 0 Å². The summed E-state index contributed by atoms with van der Waals surface area (Å²) in [5.74, 6) is 5.61. The fraction of sp³-hybridized carbons (Fsp3) is 0.389. The molecule has 0 heterocycles. The molecular weight excluding hydrogens is 248 g/mol. The van der Waals surface area contributed by atoms with E-state index in [2.05, 4.69) is 25.7 Å². The van der Waals surface area contributed by atoms with E-state index in [0.29, 0.717) is 12.2 Å². The lowest BCUT2D eigenvalue weighted by molar-refractivity contribution is -0.138. The first-order valence-corrected chi connectivity index (χ1v) is 7.20. The van der Waals surface area contributed by atoms with E-state index < -0.39 is 0 Å². The molecule has 0 aliphatic rings. The molecule has 0 aliphatic heterocycles. The zero-order valence-electron chi connectivity index (χ0n) is 12.3. The predicted octanol–water partition coefficient (Wildman–Crippen LogP) is 4.22. The molecule has 2 nitrogen and oxygen atoms in total. The molecule has 0 bridgehead atoms. The Morgan fingerprint density at radius 2 is 1.95 bits per heavy atom. The zero-order valence-corrected chi connectivity index (χ0v) is 12.3. The Kier molecular flexibility index (Phi) is 7.91. The zero-order chi connectivity index (χ0) is 14.6. The van der Waals surface area contributed by atoms with Crippen LogP contribution in [0.3, 0.4) is 0 Å². The summed E-state index contributed by atoms with van der Waals surface area (Å²) < 4.78 is 5.24. The van der Waals surface area contributed by atoms with Gasteiger partial charge in [-0.15, -0.1) is 0 Å². The van der Waals surface area contributed by atoms with Crippen molar-refractivity contribution in [2.75, 3.05) is 6.61 Å².